The highest BCUT2D eigenvalue weighted by Gasteiger charge is 2.09. The second-order valence-electron chi connectivity index (χ2n) is 6.10. The van der Waals surface area contributed by atoms with Gasteiger partial charge in [0.2, 0.25) is 0 Å². The number of aromatic nitrogens is 3. The van der Waals surface area contributed by atoms with Crippen molar-refractivity contribution in [3.8, 4) is 11.5 Å². The lowest BCUT2D eigenvalue weighted by molar-refractivity contribution is 0.0317. The highest BCUT2D eigenvalue weighted by Crippen LogP contribution is 2.16. The maximum absolute atomic E-state index is 9.99. The van der Waals surface area contributed by atoms with Crippen LogP contribution in [0.5, 0.6) is 0 Å². The van der Waals surface area contributed by atoms with Crippen LogP contribution >= 0.6 is 0 Å². The quantitative estimate of drug-likeness (QED) is 0.735. The van der Waals surface area contributed by atoms with Crippen LogP contribution < -0.4 is 5.32 Å². The van der Waals surface area contributed by atoms with Crippen molar-refractivity contribution in [2.45, 2.75) is 33.3 Å². The van der Waals surface area contributed by atoms with Gasteiger partial charge >= 0.3 is 0 Å². The van der Waals surface area contributed by atoms with Crippen LogP contribution in [0.3, 0.4) is 0 Å². The molecule has 0 aliphatic carbocycles. The number of hydrogen-bond acceptors (Lipinski definition) is 6. The zero-order valence-electron chi connectivity index (χ0n) is 14.6. The lowest BCUT2D eigenvalue weighted by Crippen LogP contribution is -2.26. The fourth-order valence-corrected chi connectivity index (χ4v) is 2.10. The number of hydrogen-bond donors (Lipinski definition) is 2. The summed E-state index contributed by atoms with van der Waals surface area (Å²) in [6.45, 7) is 7.54. The average molecular weight is 330 g/mol. The van der Waals surface area contributed by atoms with Gasteiger partial charge in [0.15, 0.2) is 5.82 Å². The molecular formula is C18H26N4O2. The molecule has 2 aromatic heterocycles. The van der Waals surface area contributed by atoms with Gasteiger partial charge in [-0.25, -0.2) is 9.97 Å². The number of aliphatic hydroxyl groups is 1. The first-order valence-corrected chi connectivity index (χ1v) is 8.37. The molecule has 2 aromatic rings. The molecule has 0 bridgehead atoms. The molecule has 0 aliphatic rings. The van der Waals surface area contributed by atoms with Gasteiger partial charge in [-0.05, 0) is 24.5 Å². The van der Waals surface area contributed by atoms with E-state index in [1.165, 1.54) is 0 Å². The fourth-order valence-electron chi connectivity index (χ4n) is 2.10. The van der Waals surface area contributed by atoms with E-state index in [1.807, 2.05) is 31.2 Å². The molecule has 0 saturated carbocycles. The van der Waals surface area contributed by atoms with Gasteiger partial charge in [0.05, 0.1) is 12.7 Å². The molecule has 0 saturated heterocycles. The van der Waals surface area contributed by atoms with Gasteiger partial charge in [0.1, 0.15) is 11.5 Å². The molecule has 6 nitrogen and oxygen atoms in total. The molecule has 6 heteroatoms. The Morgan fingerprint density at radius 1 is 1.21 bits per heavy atom. The third-order valence-electron chi connectivity index (χ3n) is 3.32. The zero-order valence-corrected chi connectivity index (χ0v) is 14.6. The monoisotopic (exact) mass is 330 g/mol. The van der Waals surface area contributed by atoms with Crippen molar-refractivity contribution in [2.75, 3.05) is 25.1 Å². The van der Waals surface area contributed by atoms with Gasteiger partial charge in [0, 0.05) is 31.1 Å². The maximum Gasteiger partial charge on any atom is 0.180 e. The highest BCUT2D eigenvalue weighted by molar-refractivity contribution is 5.52. The largest absolute Gasteiger partial charge is 0.389 e. The molecular weight excluding hydrogens is 304 g/mol. The summed E-state index contributed by atoms with van der Waals surface area (Å²) in [5, 5.41) is 13.2. The van der Waals surface area contributed by atoms with E-state index >= 15 is 0 Å². The minimum Gasteiger partial charge on any atom is -0.389 e. The minimum atomic E-state index is -0.581. The molecule has 0 aliphatic heterocycles. The number of pyridine rings is 1. The number of rotatable bonds is 9. The van der Waals surface area contributed by atoms with Crippen molar-refractivity contribution in [1.82, 2.24) is 15.0 Å². The first-order valence-electron chi connectivity index (χ1n) is 8.37. The molecule has 0 radical (unpaired) electrons. The summed E-state index contributed by atoms with van der Waals surface area (Å²) in [7, 11) is 0. The predicted molar refractivity (Wildman–Crippen MR) is 94.8 cm³/mol. The van der Waals surface area contributed by atoms with Crippen molar-refractivity contribution in [3.05, 3.63) is 36.2 Å². The number of aryl methyl sites for hydroxylation is 1. The van der Waals surface area contributed by atoms with Crippen LogP contribution in [0.2, 0.25) is 0 Å². The lowest BCUT2D eigenvalue weighted by atomic mass is 10.2. The first-order chi connectivity index (χ1) is 11.6. The highest BCUT2D eigenvalue weighted by atomic mass is 16.5. The third kappa shape index (κ3) is 5.86. The topological polar surface area (TPSA) is 80.2 Å². The normalized spacial score (nSPS) is 12.4. The zero-order chi connectivity index (χ0) is 17.4. The van der Waals surface area contributed by atoms with Crippen LogP contribution in [0, 0.1) is 5.92 Å². The molecule has 2 rings (SSSR count). The van der Waals surface area contributed by atoms with Gasteiger partial charge in [-0.1, -0.05) is 26.8 Å². The average Bonchev–Trinajstić information content (AvgIpc) is 2.60. The maximum atomic E-state index is 9.99. The summed E-state index contributed by atoms with van der Waals surface area (Å²) >= 11 is 0. The summed E-state index contributed by atoms with van der Waals surface area (Å²) in [5.41, 5.74) is 1.66. The number of nitrogens with one attached hydrogen (secondary N) is 1. The van der Waals surface area contributed by atoms with E-state index in [0.29, 0.717) is 37.3 Å². The summed E-state index contributed by atoms with van der Waals surface area (Å²) in [6, 6.07) is 7.55. The van der Waals surface area contributed by atoms with Crippen molar-refractivity contribution in [2.24, 2.45) is 5.92 Å². The molecule has 24 heavy (non-hydrogen) atoms. The van der Waals surface area contributed by atoms with Gasteiger partial charge in [0.25, 0.3) is 0 Å². The molecule has 0 amide bonds. The Balaban J connectivity index is 1.99. The summed E-state index contributed by atoms with van der Waals surface area (Å²) in [4.78, 5) is 13.3. The second-order valence-corrected chi connectivity index (χ2v) is 6.10. The second kappa shape index (κ2) is 9.30. The number of anilines is 1. The Kier molecular flexibility index (Phi) is 7.08. The van der Waals surface area contributed by atoms with Crippen LogP contribution in [0.15, 0.2) is 30.5 Å². The summed E-state index contributed by atoms with van der Waals surface area (Å²) < 4.78 is 5.45. The molecule has 1 unspecified atom stereocenters. The molecule has 1 atom stereocenters. The molecule has 0 spiro atoms. The Labute approximate surface area is 143 Å². The van der Waals surface area contributed by atoms with Gasteiger partial charge in [-0.15, -0.1) is 0 Å². The molecule has 130 valence electrons. The lowest BCUT2D eigenvalue weighted by Gasteiger charge is -2.14. The molecule has 2 heterocycles. The van der Waals surface area contributed by atoms with E-state index < -0.39 is 6.10 Å². The molecule has 0 aromatic carbocycles. The SMILES string of the molecule is CCc1cc(NCC(O)COCC(C)C)nc(-c2ccccn2)n1. The van der Waals surface area contributed by atoms with Crippen molar-refractivity contribution in [1.29, 1.82) is 0 Å². The standard InChI is InChI=1S/C18H26N4O2/c1-4-14-9-17(20-10-15(23)12-24-11-13(2)3)22-18(21-14)16-7-5-6-8-19-16/h5-9,13,15,23H,4,10-12H2,1-3H3,(H,20,21,22). The van der Waals surface area contributed by atoms with E-state index in [1.54, 1.807) is 6.20 Å². The Hall–Kier alpha value is -2.05. The van der Waals surface area contributed by atoms with Crippen molar-refractivity contribution < 1.29 is 9.84 Å². The smallest absolute Gasteiger partial charge is 0.180 e. The van der Waals surface area contributed by atoms with Gasteiger partial charge < -0.3 is 15.2 Å². The van der Waals surface area contributed by atoms with E-state index in [9.17, 15) is 5.11 Å². The van der Waals surface area contributed by atoms with Crippen LogP contribution in [0.4, 0.5) is 5.82 Å². The Morgan fingerprint density at radius 3 is 2.71 bits per heavy atom. The van der Waals surface area contributed by atoms with E-state index in [2.05, 4.69) is 34.1 Å². The van der Waals surface area contributed by atoms with E-state index in [0.717, 1.165) is 17.8 Å². The predicted octanol–water partition coefficient (Wildman–Crippen LogP) is 2.55. The first kappa shape index (κ1) is 18.3. The van der Waals surface area contributed by atoms with Gasteiger partial charge in [-0.3, -0.25) is 4.98 Å². The Bertz CT molecular complexity index is 620. The molecule has 0 fully saturated rings. The number of aliphatic hydroxyl groups excluding tert-OH is 1. The van der Waals surface area contributed by atoms with Crippen LogP contribution in [0.1, 0.15) is 26.5 Å². The Morgan fingerprint density at radius 2 is 2.04 bits per heavy atom. The van der Waals surface area contributed by atoms with E-state index in [4.69, 9.17) is 4.74 Å². The van der Waals surface area contributed by atoms with Crippen LogP contribution in [0.25, 0.3) is 11.5 Å². The number of ether oxygens (including phenoxy) is 1. The fraction of sp³-hybridized carbons (Fsp3) is 0.500. The third-order valence-corrected chi connectivity index (χ3v) is 3.32. The van der Waals surface area contributed by atoms with Crippen molar-refractivity contribution in [3.63, 3.8) is 0 Å². The molecule has 2 N–H and O–H groups in total. The summed E-state index contributed by atoms with van der Waals surface area (Å²) in [5.74, 6) is 1.73. The summed E-state index contributed by atoms with van der Waals surface area (Å²) in [6.07, 6.45) is 1.94. The van der Waals surface area contributed by atoms with Crippen LogP contribution in [-0.4, -0.2) is 45.9 Å². The van der Waals surface area contributed by atoms with Crippen LogP contribution in [-0.2, 0) is 11.2 Å². The van der Waals surface area contributed by atoms with Crippen molar-refractivity contribution >= 4 is 5.82 Å². The minimum absolute atomic E-state index is 0.310. The van der Waals surface area contributed by atoms with E-state index in [-0.39, 0.29) is 0 Å². The van der Waals surface area contributed by atoms with Gasteiger partial charge in [-0.2, -0.15) is 0 Å². The number of nitrogens with zero attached hydrogens (tertiary/aromatic N) is 3.